The number of nitrogens with one attached hydrogen (secondary N) is 1. The Bertz CT molecular complexity index is 497. The fourth-order valence-electron chi connectivity index (χ4n) is 1.11. The third kappa shape index (κ3) is 4.49. The summed E-state index contributed by atoms with van der Waals surface area (Å²) in [5.41, 5.74) is 5.33. The van der Waals surface area contributed by atoms with Crippen LogP contribution in [0, 0.1) is 17.6 Å². The van der Waals surface area contributed by atoms with Crippen LogP contribution in [0.15, 0.2) is 23.1 Å². The van der Waals surface area contributed by atoms with Crippen LogP contribution in [0.5, 0.6) is 0 Å². The fraction of sp³-hybridized carbons (Fsp3) is 0.400. The maximum atomic E-state index is 13.3. The van der Waals surface area contributed by atoms with Gasteiger partial charge in [-0.2, -0.15) is 0 Å². The Labute approximate surface area is 111 Å². The Balaban J connectivity index is 0.00000289. The number of nitrogens with two attached hydrogens (primary N) is 1. The molecule has 1 unspecified atom stereocenters. The van der Waals surface area contributed by atoms with Crippen LogP contribution >= 0.6 is 12.4 Å². The molecule has 0 radical (unpaired) electrons. The number of halogens is 3. The van der Waals surface area contributed by atoms with E-state index in [0.717, 1.165) is 12.1 Å². The summed E-state index contributed by atoms with van der Waals surface area (Å²) in [4.78, 5) is -0.567. The molecule has 0 spiro atoms. The SMILES string of the molecule is CC(CN)CNS(=O)(=O)c1ccc(F)cc1F.Cl. The number of hydrogen-bond acceptors (Lipinski definition) is 3. The molecule has 1 aromatic rings. The van der Waals surface area contributed by atoms with Gasteiger partial charge in [-0.05, 0) is 24.6 Å². The van der Waals surface area contributed by atoms with Crippen molar-refractivity contribution in [1.82, 2.24) is 4.72 Å². The van der Waals surface area contributed by atoms with Gasteiger partial charge in [0, 0.05) is 12.6 Å². The third-order valence-corrected chi connectivity index (χ3v) is 3.66. The molecule has 3 N–H and O–H groups in total. The van der Waals surface area contributed by atoms with E-state index in [4.69, 9.17) is 5.73 Å². The average Bonchev–Trinajstić information content (AvgIpc) is 2.25. The lowest BCUT2D eigenvalue weighted by Gasteiger charge is -2.11. The van der Waals surface area contributed by atoms with Gasteiger partial charge in [-0.15, -0.1) is 12.4 Å². The topological polar surface area (TPSA) is 72.2 Å². The van der Waals surface area contributed by atoms with E-state index in [0.29, 0.717) is 12.6 Å². The van der Waals surface area contributed by atoms with Gasteiger partial charge < -0.3 is 5.73 Å². The van der Waals surface area contributed by atoms with E-state index < -0.39 is 26.6 Å². The molecule has 0 amide bonds. The lowest BCUT2D eigenvalue weighted by Crippen LogP contribution is -2.31. The molecule has 0 aliphatic heterocycles. The van der Waals surface area contributed by atoms with Crippen molar-refractivity contribution in [3.8, 4) is 0 Å². The van der Waals surface area contributed by atoms with E-state index in [2.05, 4.69) is 4.72 Å². The zero-order valence-corrected chi connectivity index (χ0v) is 11.3. The summed E-state index contributed by atoms with van der Waals surface area (Å²) in [7, 11) is -3.96. The summed E-state index contributed by atoms with van der Waals surface area (Å²) < 4.78 is 51.5. The second kappa shape index (κ2) is 6.98. The van der Waals surface area contributed by atoms with Crippen LogP contribution in [-0.2, 0) is 10.0 Å². The van der Waals surface area contributed by atoms with Crippen molar-refractivity contribution in [3.05, 3.63) is 29.8 Å². The first kappa shape index (κ1) is 17.2. The van der Waals surface area contributed by atoms with Crippen LogP contribution in [0.3, 0.4) is 0 Å². The zero-order valence-electron chi connectivity index (χ0n) is 9.69. The van der Waals surface area contributed by atoms with Crippen LogP contribution in [0.4, 0.5) is 8.78 Å². The highest BCUT2D eigenvalue weighted by atomic mass is 35.5. The molecule has 0 bridgehead atoms. The van der Waals surface area contributed by atoms with Gasteiger partial charge in [-0.3, -0.25) is 0 Å². The standard InChI is InChI=1S/C10H14F2N2O2S.ClH/c1-7(5-13)6-14-17(15,16)10-3-2-8(11)4-9(10)12;/h2-4,7,14H,5-6,13H2,1H3;1H. The second-order valence-corrected chi connectivity index (χ2v) is 5.50. The van der Waals surface area contributed by atoms with E-state index >= 15 is 0 Å². The van der Waals surface area contributed by atoms with Crippen LogP contribution in [0.25, 0.3) is 0 Å². The number of sulfonamides is 1. The van der Waals surface area contributed by atoms with Gasteiger partial charge in [0.1, 0.15) is 16.5 Å². The van der Waals surface area contributed by atoms with Gasteiger partial charge in [0.2, 0.25) is 10.0 Å². The van der Waals surface area contributed by atoms with E-state index in [1.165, 1.54) is 0 Å². The van der Waals surface area contributed by atoms with Gasteiger partial charge in [0.25, 0.3) is 0 Å². The van der Waals surface area contributed by atoms with Crippen molar-refractivity contribution >= 4 is 22.4 Å². The summed E-state index contributed by atoms with van der Waals surface area (Å²) in [5, 5.41) is 0. The molecule has 1 rings (SSSR count). The Morgan fingerprint density at radius 3 is 2.50 bits per heavy atom. The fourth-order valence-corrected chi connectivity index (χ4v) is 2.33. The molecule has 0 aliphatic carbocycles. The first-order valence-corrected chi connectivity index (χ1v) is 6.50. The third-order valence-electron chi connectivity index (χ3n) is 2.21. The number of benzene rings is 1. The molecule has 18 heavy (non-hydrogen) atoms. The highest BCUT2D eigenvalue weighted by Gasteiger charge is 2.19. The minimum absolute atomic E-state index is 0. The smallest absolute Gasteiger partial charge is 0.243 e. The van der Waals surface area contributed by atoms with Crippen LogP contribution in [0.1, 0.15) is 6.92 Å². The Kier molecular flexibility index (Phi) is 6.69. The predicted octanol–water partition coefficient (Wildman–Crippen LogP) is 1.26. The van der Waals surface area contributed by atoms with Crippen molar-refractivity contribution in [2.45, 2.75) is 11.8 Å². The molecule has 0 saturated heterocycles. The highest BCUT2D eigenvalue weighted by Crippen LogP contribution is 2.15. The molecular weight excluding hydrogens is 286 g/mol. The van der Waals surface area contributed by atoms with Gasteiger partial charge in [0.15, 0.2) is 0 Å². The first-order chi connectivity index (χ1) is 7.86. The molecule has 4 nitrogen and oxygen atoms in total. The highest BCUT2D eigenvalue weighted by molar-refractivity contribution is 7.89. The molecule has 1 aromatic carbocycles. The lowest BCUT2D eigenvalue weighted by molar-refractivity contribution is 0.528. The molecular formula is C10H15ClF2N2O2S. The van der Waals surface area contributed by atoms with Gasteiger partial charge in [0.05, 0.1) is 0 Å². The summed E-state index contributed by atoms with van der Waals surface area (Å²) in [5.74, 6) is -2.00. The average molecular weight is 301 g/mol. The first-order valence-electron chi connectivity index (χ1n) is 5.01. The summed E-state index contributed by atoms with van der Waals surface area (Å²) in [6.07, 6.45) is 0. The maximum Gasteiger partial charge on any atom is 0.243 e. The molecule has 104 valence electrons. The van der Waals surface area contributed by atoms with Crippen LogP contribution < -0.4 is 10.5 Å². The van der Waals surface area contributed by atoms with Crippen molar-refractivity contribution in [2.24, 2.45) is 11.7 Å². The van der Waals surface area contributed by atoms with Gasteiger partial charge in [-0.25, -0.2) is 21.9 Å². The maximum absolute atomic E-state index is 13.3. The Morgan fingerprint density at radius 1 is 1.39 bits per heavy atom. The minimum atomic E-state index is -3.96. The molecule has 0 saturated carbocycles. The van der Waals surface area contributed by atoms with Crippen molar-refractivity contribution < 1.29 is 17.2 Å². The largest absolute Gasteiger partial charge is 0.330 e. The quantitative estimate of drug-likeness (QED) is 0.860. The molecule has 8 heteroatoms. The van der Waals surface area contributed by atoms with Crippen LogP contribution in [0.2, 0.25) is 0 Å². The Morgan fingerprint density at radius 2 is 2.00 bits per heavy atom. The molecule has 0 aromatic heterocycles. The second-order valence-electron chi connectivity index (χ2n) is 3.77. The number of hydrogen-bond donors (Lipinski definition) is 2. The zero-order chi connectivity index (χ0) is 13.1. The molecule has 0 heterocycles. The van der Waals surface area contributed by atoms with Crippen molar-refractivity contribution in [3.63, 3.8) is 0 Å². The molecule has 0 aliphatic rings. The van der Waals surface area contributed by atoms with Gasteiger partial charge in [-0.1, -0.05) is 6.92 Å². The summed E-state index contributed by atoms with van der Waals surface area (Å²) in [6, 6.07) is 2.31. The van der Waals surface area contributed by atoms with E-state index in [1.54, 1.807) is 6.92 Å². The summed E-state index contributed by atoms with van der Waals surface area (Å²) in [6.45, 7) is 2.17. The Hall–Kier alpha value is -0.760. The monoisotopic (exact) mass is 300 g/mol. The normalized spacial score (nSPS) is 12.9. The lowest BCUT2D eigenvalue weighted by atomic mass is 10.2. The molecule has 1 atom stereocenters. The predicted molar refractivity (Wildman–Crippen MR) is 67.0 cm³/mol. The van der Waals surface area contributed by atoms with Crippen molar-refractivity contribution in [1.29, 1.82) is 0 Å². The molecule has 0 fully saturated rings. The number of rotatable bonds is 5. The van der Waals surface area contributed by atoms with E-state index in [1.807, 2.05) is 0 Å². The van der Waals surface area contributed by atoms with E-state index in [9.17, 15) is 17.2 Å². The minimum Gasteiger partial charge on any atom is -0.330 e. The van der Waals surface area contributed by atoms with Crippen molar-refractivity contribution in [2.75, 3.05) is 13.1 Å². The van der Waals surface area contributed by atoms with E-state index in [-0.39, 0.29) is 24.9 Å². The van der Waals surface area contributed by atoms with Crippen LogP contribution in [-0.4, -0.2) is 21.5 Å². The van der Waals surface area contributed by atoms with Gasteiger partial charge >= 0.3 is 0 Å². The summed E-state index contributed by atoms with van der Waals surface area (Å²) >= 11 is 0.